The number of aliphatic hydroxyl groups excluding tert-OH is 3. The topological polar surface area (TPSA) is 121 Å². The first kappa shape index (κ1) is 26.2. The Labute approximate surface area is 178 Å². The highest BCUT2D eigenvalue weighted by molar-refractivity contribution is 5.91. The third-order valence-corrected chi connectivity index (χ3v) is 5.91. The van der Waals surface area contributed by atoms with Crippen LogP contribution in [0.15, 0.2) is 23.8 Å². The monoisotopic (exact) mass is 424 g/mol. The molecule has 0 fully saturated rings. The van der Waals surface area contributed by atoms with Crippen molar-refractivity contribution in [3.8, 4) is 0 Å². The van der Waals surface area contributed by atoms with Gasteiger partial charge in [0.1, 0.15) is 12.4 Å². The summed E-state index contributed by atoms with van der Waals surface area (Å²) in [5.41, 5.74) is 0.745. The van der Waals surface area contributed by atoms with Crippen molar-refractivity contribution in [3.63, 3.8) is 0 Å². The summed E-state index contributed by atoms with van der Waals surface area (Å²) >= 11 is 0. The maximum absolute atomic E-state index is 12.5. The van der Waals surface area contributed by atoms with Crippen molar-refractivity contribution in [1.82, 2.24) is 0 Å². The average molecular weight is 425 g/mol. The molecule has 1 heterocycles. The minimum absolute atomic E-state index is 0.0546. The highest BCUT2D eigenvalue weighted by Gasteiger charge is 2.33. The summed E-state index contributed by atoms with van der Waals surface area (Å²) in [7, 11) is 0. The van der Waals surface area contributed by atoms with Gasteiger partial charge in [-0.15, -0.1) is 0 Å². The van der Waals surface area contributed by atoms with Gasteiger partial charge in [0, 0.05) is 24.2 Å². The molecule has 30 heavy (non-hydrogen) atoms. The van der Waals surface area contributed by atoms with E-state index in [0.29, 0.717) is 12.7 Å². The number of carbonyl (C=O) groups is 3. The molecular weight excluding hydrogens is 388 g/mol. The number of cyclic esters (lactones) is 1. The molecule has 170 valence electrons. The zero-order valence-electron chi connectivity index (χ0n) is 18.4. The van der Waals surface area contributed by atoms with E-state index in [2.05, 4.69) is 0 Å². The fraction of sp³-hybridized carbons (Fsp3) is 0.696. The molecular formula is C23H36O7. The Morgan fingerprint density at radius 2 is 1.87 bits per heavy atom. The van der Waals surface area contributed by atoms with E-state index in [1.54, 1.807) is 32.9 Å². The van der Waals surface area contributed by atoms with Gasteiger partial charge in [-0.1, -0.05) is 38.5 Å². The number of ether oxygens (including phenoxy) is 1. The Hall–Kier alpha value is -1.83. The molecule has 1 aliphatic rings. The van der Waals surface area contributed by atoms with Crippen LogP contribution in [0.2, 0.25) is 0 Å². The maximum atomic E-state index is 12.5. The van der Waals surface area contributed by atoms with Gasteiger partial charge in [0.15, 0.2) is 5.78 Å². The Balaban J connectivity index is 3.26. The largest absolute Gasteiger partial charge is 0.462 e. The molecule has 7 unspecified atom stereocenters. The van der Waals surface area contributed by atoms with Crippen molar-refractivity contribution < 1.29 is 34.4 Å². The molecule has 0 radical (unpaired) electrons. The van der Waals surface area contributed by atoms with Crippen LogP contribution in [0.3, 0.4) is 0 Å². The Bertz CT molecular complexity index is 639. The predicted octanol–water partition coefficient (Wildman–Crippen LogP) is 1.98. The van der Waals surface area contributed by atoms with Gasteiger partial charge in [0.2, 0.25) is 0 Å². The van der Waals surface area contributed by atoms with Crippen LogP contribution >= 0.6 is 0 Å². The van der Waals surface area contributed by atoms with Crippen LogP contribution in [0.25, 0.3) is 0 Å². The molecule has 0 spiro atoms. The summed E-state index contributed by atoms with van der Waals surface area (Å²) in [6, 6.07) is 0. The van der Waals surface area contributed by atoms with Crippen LogP contribution in [0.5, 0.6) is 0 Å². The van der Waals surface area contributed by atoms with Crippen LogP contribution in [0, 0.1) is 23.7 Å². The van der Waals surface area contributed by atoms with Crippen LogP contribution in [0.1, 0.15) is 53.4 Å². The van der Waals surface area contributed by atoms with E-state index in [0.717, 1.165) is 5.57 Å². The lowest BCUT2D eigenvalue weighted by Crippen LogP contribution is -2.38. The first-order valence-corrected chi connectivity index (χ1v) is 10.6. The molecule has 0 amide bonds. The normalized spacial score (nSPS) is 34.9. The molecule has 7 atom stereocenters. The lowest BCUT2D eigenvalue weighted by molar-refractivity contribution is -0.155. The van der Waals surface area contributed by atoms with E-state index in [4.69, 9.17) is 4.74 Å². The smallest absolute Gasteiger partial charge is 0.308 e. The number of hydrogen-bond acceptors (Lipinski definition) is 7. The van der Waals surface area contributed by atoms with Crippen molar-refractivity contribution in [2.75, 3.05) is 6.61 Å². The van der Waals surface area contributed by atoms with Crippen molar-refractivity contribution in [2.24, 2.45) is 23.7 Å². The third-order valence-electron chi connectivity index (χ3n) is 5.91. The molecule has 7 nitrogen and oxygen atoms in total. The molecule has 0 aromatic rings. The summed E-state index contributed by atoms with van der Waals surface area (Å²) in [5, 5.41) is 30.9. The number of ketones is 1. The number of rotatable bonds is 4. The zero-order chi connectivity index (χ0) is 22.8. The molecule has 1 rings (SSSR count). The van der Waals surface area contributed by atoms with Crippen LogP contribution < -0.4 is 0 Å². The van der Waals surface area contributed by atoms with Gasteiger partial charge in [-0.25, -0.2) is 0 Å². The van der Waals surface area contributed by atoms with E-state index in [1.807, 2.05) is 6.92 Å². The van der Waals surface area contributed by atoms with Gasteiger partial charge in [0.25, 0.3) is 0 Å². The first-order chi connectivity index (χ1) is 14.1. The van der Waals surface area contributed by atoms with Crippen LogP contribution in [0.4, 0.5) is 0 Å². The van der Waals surface area contributed by atoms with Crippen molar-refractivity contribution in [1.29, 1.82) is 0 Å². The minimum Gasteiger partial charge on any atom is -0.462 e. The van der Waals surface area contributed by atoms with Crippen LogP contribution in [-0.2, 0) is 19.1 Å². The molecule has 0 aromatic heterocycles. The number of carbonyl (C=O) groups excluding carboxylic acids is 3. The van der Waals surface area contributed by atoms with E-state index >= 15 is 0 Å². The highest BCUT2D eigenvalue weighted by Crippen LogP contribution is 2.27. The van der Waals surface area contributed by atoms with E-state index < -0.39 is 48.0 Å². The first-order valence-electron chi connectivity index (χ1n) is 10.6. The lowest BCUT2D eigenvalue weighted by Gasteiger charge is -2.31. The van der Waals surface area contributed by atoms with E-state index in [9.17, 15) is 29.7 Å². The Morgan fingerprint density at radius 3 is 2.43 bits per heavy atom. The molecule has 7 heteroatoms. The average Bonchev–Trinajstić information content (AvgIpc) is 2.71. The molecule has 0 saturated carbocycles. The Kier molecular flexibility index (Phi) is 11.2. The number of aliphatic hydroxyl groups is 3. The summed E-state index contributed by atoms with van der Waals surface area (Å²) < 4.78 is 5.49. The number of hydrogen-bond donors (Lipinski definition) is 3. The quantitative estimate of drug-likeness (QED) is 0.466. The Morgan fingerprint density at radius 1 is 1.20 bits per heavy atom. The van der Waals surface area contributed by atoms with Gasteiger partial charge in [-0.05, 0) is 31.8 Å². The SMILES string of the molecule is CCC1OC(=O)CC(O)C(C)C(O)C(CC=O)CC(C)C(=O)C=CC(C)=CC1CO. The van der Waals surface area contributed by atoms with E-state index in [-0.39, 0.29) is 31.7 Å². The highest BCUT2D eigenvalue weighted by atomic mass is 16.5. The molecule has 3 N–H and O–H groups in total. The molecule has 0 aromatic carbocycles. The summed E-state index contributed by atoms with van der Waals surface area (Å²) in [6.45, 7) is 6.73. The van der Waals surface area contributed by atoms with E-state index in [1.165, 1.54) is 6.08 Å². The summed E-state index contributed by atoms with van der Waals surface area (Å²) in [4.78, 5) is 36.0. The fourth-order valence-electron chi connectivity index (χ4n) is 3.82. The zero-order valence-corrected chi connectivity index (χ0v) is 18.4. The van der Waals surface area contributed by atoms with Gasteiger partial charge < -0.3 is 24.9 Å². The maximum Gasteiger partial charge on any atom is 0.308 e. The number of esters is 1. The van der Waals surface area contributed by atoms with Gasteiger partial charge in [0.05, 0.1) is 25.2 Å². The van der Waals surface area contributed by atoms with Gasteiger partial charge >= 0.3 is 5.97 Å². The van der Waals surface area contributed by atoms with Crippen molar-refractivity contribution >= 4 is 18.0 Å². The lowest BCUT2D eigenvalue weighted by atomic mass is 9.80. The standard InChI is InChI=1S/C23H36O7/c1-5-21-18(13-25)10-14(2)6-7-19(26)15(3)11-17(8-9-24)23(29)16(4)20(27)12-22(28)30-21/h6-7,9-10,15-18,20-21,23,25,27,29H,5,8,11-13H2,1-4H3. The number of aldehydes is 1. The molecule has 0 aliphatic carbocycles. The van der Waals surface area contributed by atoms with Crippen LogP contribution in [-0.4, -0.2) is 58.3 Å². The molecule has 0 saturated heterocycles. The second kappa shape index (κ2) is 12.8. The second-order valence-corrected chi connectivity index (χ2v) is 8.35. The molecule has 1 aliphatic heterocycles. The second-order valence-electron chi connectivity index (χ2n) is 8.35. The van der Waals surface area contributed by atoms with Crippen molar-refractivity contribution in [2.45, 2.75) is 71.7 Å². The number of allylic oxidation sites excluding steroid dienone is 3. The van der Waals surface area contributed by atoms with Gasteiger partial charge in [-0.2, -0.15) is 0 Å². The predicted molar refractivity (Wildman–Crippen MR) is 112 cm³/mol. The van der Waals surface area contributed by atoms with Crippen molar-refractivity contribution in [3.05, 3.63) is 23.8 Å². The summed E-state index contributed by atoms with van der Waals surface area (Å²) in [5.74, 6) is -2.82. The van der Waals surface area contributed by atoms with Gasteiger partial charge in [-0.3, -0.25) is 9.59 Å². The molecule has 0 bridgehead atoms. The third kappa shape index (κ3) is 7.78. The summed E-state index contributed by atoms with van der Waals surface area (Å²) in [6.07, 6.45) is 3.26. The minimum atomic E-state index is -1.16. The fourth-order valence-corrected chi connectivity index (χ4v) is 3.82.